The largest absolute Gasteiger partial charge is 0.399 e. The van der Waals surface area contributed by atoms with E-state index in [-0.39, 0.29) is 5.91 Å². The van der Waals surface area contributed by atoms with Crippen LogP contribution >= 0.6 is 0 Å². The number of rotatable bonds is 5. The van der Waals surface area contributed by atoms with Crippen LogP contribution in [0.5, 0.6) is 0 Å². The van der Waals surface area contributed by atoms with Crippen molar-refractivity contribution in [2.75, 3.05) is 11.1 Å². The zero-order valence-corrected chi connectivity index (χ0v) is 9.12. The Morgan fingerprint density at radius 1 is 1.27 bits per heavy atom. The maximum absolute atomic E-state index is 11.4. The zero-order chi connectivity index (χ0) is 11.1. The third-order valence-corrected chi connectivity index (χ3v) is 2.20. The Hall–Kier alpha value is -1.51. The summed E-state index contributed by atoms with van der Waals surface area (Å²) in [6, 6.07) is 7.18. The Bertz CT molecular complexity index is 306. The molecule has 0 saturated carbocycles. The highest BCUT2D eigenvalue weighted by molar-refractivity contribution is 5.90. The second-order valence-electron chi connectivity index (χ2n) is 3.63. The lowest BCUT2D eigenvalue weighted by Gasteiger charge is -2.04. The molecule has 0 heterocycles. The van der Waals surface area contributed by atoms with Crippen molar-refractivity contribution in [3.63, 3.8) is 0 Å². The average molecular weight is 206 g/mol. The molecule has 0 radical (unpaired) electrons. The molecule has 0 aromatic heterocycles. The van der Waals surface area contributed by atoms with Crippen molar-refractivity contribution >= 4 is 17.3 Å². The van der Waals surface area contributed by atoms with E-state index in [1.807, 2.05) is 12.1 Å². The molecule has 3 N–H and O–H groups in total. The molecule has 15 heavy (non-hydrogen) atoms. The van der Waals surface area contributed by atoms with Crippen LogP contribution in [0.3, 0.4) is 0 Å². The van der Waals surface area contributed by atoms with Crippen molar-refractivity contribution in [1.82, 2.24) is 0 Å². The van der Waals surface area contributed by atoms with Crippen molar-refractivity contribution in [1.29, 1.82) is 0 Å². The third kappa shape index (κ3) is 4.49. The number of hydrogen-bond acceptors (Lipinski definition) is 2. The van der Waals surface area contributed by atoms with E-state index in [2.05, 4.69) is 12.2 Å². The van der Waals surface area contributed by atoms with Gasteiger partial charge in [0.05, 0.1) is 0 Å². The maximum atomic E-state index is 11.4. The summed E-state index contributed by atoms with van der Waals surface area (Å²) in [5, 5.41) is 2.83. The molecule has 0 saturated heterocycles. The molecular formula is C12H18N2O. The van der Waals surface area contributed by atoms with Crippen LogP contribution in [0.2, 0.25) is 0 Å². The summed E-state index contributed by atoms with van der Waals surface area (Å²) < 4.78 is 0. The molecule has 0 atom stereocenters. The lowest BCUT2D eigenvalue weighted by molar-refractivity contribution is -0.116. The molecule has 3 heteroatoms. The summed E-state index contributed by atoms with van der Waals surface area (Å²) in [6.07, 6.45) is 3.79. The van der Waals surface area contributed by atoms with E-state index < -0.39 is 0 Å². The van der Waals surface area contributed by atoms with Crippen molar-refractivity contribution < 1.29 is 4.79 Å². The van der Waals surface area contributed by atoms with Gasteiger partial charge in [-0.15, -0.1) is 0 Å². The molecule has 0 aliphatic carbocycles. The number of hydrogen-bond donors (Lipinski definition) is 2. The van der Waals surface area contributed by atoms with E-state index in [4.69, 9.17) is 5.73 Å². The number of nitrogens with one attached hydrogen (secondary N) is 1. The maximum Gasteiger partial charge on any atom is 0.224 e. The molecule has 1 aromatic carbocycles. The van der Waals surface area contributed by atoms with Gasteiger partial charge in [-0.3, -0.25) is 4.79 Å². The van der Waals surface area contributed by atoms with Crippen molar-refractivity contribution in [2.24, 2.45) is 0 Å². The SMILES string of the molecule is CCCCCC(=O)Nc1ccc(N)cc1. The number of benzene rings is 1. The number of unbranched alkanes of at least 4 members (excludes halogenated alkanes) is 2. The second-order valence-corrected chi connectivity index (χ2v) is 3.63. The van der Waals surface area contributed by atoms with Crippen LogP contribution in [-0.4, -0.2) is 5.91 Å². The minimum atomic E-state index is 0.0771. The molecule has 1 rings (SSSR count). The topological polar surface area (TPSA) is 55.1 Å². The van der Waals surface area contributed by atoms with Crippen molar-refractivity contribution in [3.8, 4) is 0 Å². The lowest BCUT2D eigenvalue weighted by Crippen LogP contribution is -2.10. The Balaban J connectivity index is 2.34. The highest BCUT2D eigenvalue weighted by atomic mass is 16.1. The number of anilines is 2. The lowest BCUT2D eigenvalue weighted by atomic mass is 10.2. The Morgan fingerprint density at radius 2 is 1.93 bits per heavy atom. The highest BCUT2D eigenvalue weighted by Gasteiger charge is 2.00. The van der Waals surface area contributed by atoms with E-state index >= 15 is 0 Å². The molecule has 0 spiro atoms. The molecule has 3 nitrogen and oxygen atoms in total. The van der Waals surface area contributed by atoms with Crippen LogP contribution < -0.4 is 11.1 Å². The number of carbonyl (C=O) groups excluding carboxylic acids is 1. The average Bonchev–Trinajstić information content (AvgIpc) is 2.22. The fourth-order valence-electron chi connectivity index (χ4n) is 1.33. The van der Waals surface area contributed by atoms with Gasteiger partial charge >= 0.3 is 0 Å². The number of nitrogens with two attached hydrogens (primary N) is 1. The standard InChI is InChI=1S/C12H18N2O/c1-2-3-4-5-12(15)14-11-8-6-10(13)7-9-11/h6-9H,2-5,13H2,1H3,(H,14,15). The fourth-order valence-corrected chi connectivity index (χ4v) is 1.33. The quantitative estimate of drug-likeness (QED) is 0.575. The monoisotopic (exact) mass is 206 g/mol. The van der Waals surface area contributed by atoms with Crippen molar-refractivity contribution in [3.05, 3.63) is 24.3 Å². The predicted molar refractivity (Wildman–Crippen MR) is 63.6 cm³/mol. The van der Waals surface area contributed by atoms with Crippen LogP contribution in [-0.2, 0) is 4.79 Å². The summed E-state index contributed by atoms with van der Waals surface area (Å²) >= 11 is 0. The van der Waals surface area contributed by atoms with E-state index in [0.717, 1.165) is 24.9 Å². The first-order valence-electron chi connectivity index (χ1n) is 5.37. The van der Waals surface area contributed by atoms with Gasteiger partial charge in [0.2, 0.25) is 5.91 Å². The van der Waals surface area contributed by atoms with Gasteiger partial charge in [0, 0.05) is 17.8 Å². The van der Waals surface area contributed by atoms with Crippen LogP contribution in [0.1, 0.15) is 32.6 Å². The molecule has 1 amide bonds. The van der Waals surface area contributed by atoms with E-state index in [9.17, 15) is 4.79 Å². The normalized spacial score (nSPS) is 9.93. The molecule has 0 fully saturated rings. The molecule has 0 unspecified atom stereocenters. The van der Waals surface area contributed by atoms with Gasteiger partial charge in [-0.2, -0.15) is 0 Å². The minimum Gasteiger partial charge on any atom is -0.399 e. The predicted octanol–water partition coefficient (Wildman–Crippen LogP) is 2.79. The molecule has 0 aliphatic rings. The summed E-state index contributed by atoms with van der Waals surface area (Å²) in [7, 11) is 0. The first-order chi connectivity index (χ1) is 7.22. The molecule has 1 aromatic rings. The Morgan fingerprint density at radius 3 is 2.53 bits per heavy atom. The smallest absolute Gasteiger partial charge is 0.224 e. The van der Waals surface area contributed by atoms with Crippen LogP contribution in [0.4, 0.5) is 11.4 Å². The van der Waals surface area contributed by atoms with Gasteiger partial charge in [0.1, 0.15) is 0 Å². The number of nitrogen functional groups attached to an aromatic ring is 1. The number of amides is 1. The summed E-state index contributed by atoms with van der Waals surface area (Å²) in [6.45, 7) is 2.12. The van der Waals surface area contributed by atoms with Gasteiger partial charge in [-0.25, -0.2) is 0 Å². The Kier molecular flexibility index (Phi) is 4.68. The van der Waals surface area contributed by atoms with E-state index in [1.165, 1.54) is 0 Å². The molecule has 0 aliphatic heterocycles. The van der Waals surface area contributed by atoms with Crippen LogP contribution in [0, 0.1) is 0 Å². The Labute approximate surface area is 90.7 Å². The van der Waals surface area contributed by atoms with Gasteiger partial charge in [0.15, 0.2) is 0 Å². The van der Waals surface area contributed by atoms with Crippen molar-refractivity contribution in [2.45, 2.75) is 32.6 Å². The van der Waals surface area contributed by atoms with Gasteiger partial charge in [-0.05, 0) is 30.7 Å². The van der Waals surface area contributed by atoms with Gasteiger partial charge in [0.25, 0.3) is 0 Å². The molecule has 0 bridgehead atoms. The first-order valence-corrected chi connectivity index (χ1v) is 5.37. The zero-order valence-electron chi connectivity index (χ0n) is 9.12. The summed E-state index contributed by atoms with van der Waals surface area (Å²) in [5.41, 5.74) is 7.06. The summed E-state index contributed by atoms with van der Waals surface area (Å²) in [5.74, 6) is 0.0771. The second kappa shape index (κ2) is 6.06. The molecular weight excluding hydrogens is 188 g/mol. The molecule has 82 valence electrons. The highest BCUT2D eigenvalue weighted by Crippen LogP contribution is 2.11. The third-order valence-electron chi connectivity index (χ3n) is 2.20. The van der Waals surface area contributed by atoms with Crippen LogP contribution in [0.25, 0.3) is 0 Å². The fraction of sp³-hybridized carbons (Fsp3) is 0.417. The van der Waals surface area contributed by atoms with E-state index in [0.29, 0.717) is 12.1 Å². The first kappa shape index (κ1) is 11.6. The minimum absolute atomic E-state index is 0.0771. The van der Waals surface area contributed by atoms with Crippen LogP contribution in [0.15, 0.2) is 24.3 Å². The summed E-state index contributed by atoms with van der Waals surface area (Å²) in [4.78, 5) is 11.4. The van der Waals surface area contributed by atoms with Gasteiger partial charge in [-0.1, -0.05) is 19.8 Å². The van der Waals surface area contributed by atoms with E-state index in [1.54, 1.807) is 12.1 Å². The van der Waals surface area contributed by atoms with Gasteiger partial charge < -0.3 is 11.1 Å². The number of carbonyl (C=O) groups is 1.